The van der Waals surface area contributed by atoms with Crippen molar-refractivity contribution < 1.29 is 0 Å². The maximum absolute atomic E-state index is 6.10. The average Bonchev–Trinajstić information content (AvgIpc) is 2.96. The van der Waals surface area contributed by atoms with E-state index in [-0.39, 0.29) is 0 Å². The monoisotopic (exact) mass is 393 g/mol. The number of nitrogens with zero attached hydrogens (tertiary/aromatic N) is 2. The summed E-state index contributed by atoms with van der Waals surface area (Å²) in [5, 5.41) is 5.29. The molecule has 0 fully saturated rings. The summed E-state index contributed by atoms with van der Waals surface area (Å²) in [6.45, 7) is 8.47. The number of hydrogen-bond donors (Lipinski definition) is 1. The lowest BCUT2D eigenvalue weighted by atomic mass is 9.99. The van der Waals surface area contributed by atoms with Crippen LogP contribution in [0.1, 0.15) is 21.6 Å². The first-order valence-electron chi connectivity index (χ1n) is 8.79. The second-order valence-electron chi connectivity index (χ2n) is 6.82. The van der Waals surface area contributed by atoms with E-state index in [4.69, 9.17) is 11.6 Å². The Hall–Kier alpha value is -2.43. The Labute approximate surface area is 168 Å². The summed E-state index contributed by atoms with van der Waals surface area (Å²) >= 11 is 7.80. The molecule has 4 aromatic rings. The van der Waals surface area contributed by atoms with Gasteiger partial charge in [0.2, 0.25) is 0 Å². The van der Waals surface area contributed by atoms with Crippen molar-refractivity contribution in [3.05, 3.63) is 69.3 Å². The lowest BCUT2D eigenvalue weighted by Crippen LogP contribution is -1.97. The summed E-state index contributed by atoms with van der Waals surface area (Å²) in [7, 11) is 0. The molecule has 1 N–H and O–H groups in total. The Bertz CT molecular complexity index is 1160. The predicted molar refractivity (Wildman–Crippen MR) is 117 cm³/mol. The molecular formula is C22H20ClN3S. The molecule has 0 aliphatic rings. The summed E-state index contributed by atoms with van der Waals surface area (Å²) in [6.07, 6.45) is 1.62. The summed E-state index contributed by atoms with van der Waals surface area (Å²) in [4.78, 5) is 11.3. The molecule has 136 valence electrons. The van der Waals surface area contributed by atoms with Crippen LogP contribution in [0.2, 0.25) is 5.02 Å². The van der Waals surface area contributed by atoms with Crippen LogP contribution in [0.3, 0.4) is 0 Å². The molecule has 0 aliphatic heterocycles. The zero-order chi connectivity index (χ0) is 19.1. The van der Waals surface area contributed by atoms with E-state index in [0.29, 0.717) is 0 Å². The van der Waals surface area contributed by atoms with E-state index in [0.717, 1.165) is 32.3 Å². The standard InChI is InChI=1S/C22H20ClN3S/c1-12-5-6-16(9-13(12)2)19-15(4)27-22-20(19)21(24-11-25-22)26-18-8-7-17(23)10-14(18)3/h5-11H,1-4H3,(H,24,25,26). The van der Waals surface area contributed by atoms with Gasteiger partial charge in [-0.3, -0.25) is 0 Å². The van der Waals surface area contributed by atoms with Crippen molar-refractivity contribution >= 4 is 44.7 Å². The molecule has 0 aliphatic carbocycles. The Morgan fingerprint density at radius 1 is 0.889 bits per heavy atom. The lowest BCUT2D eigenvalue weighted by molar-refractivity contribution is 1.23. The molecule has 4 rings (SSSR count). The lowest BCUT2D eigenvalue weighted by Gasteiger charge is -2.12. The number of nitrogens with one attached hydrogen (secondary N) is 1. The number of aryl methyl sites for hydroxylation is 4. The number of hydrogen-bond acceptors (Lipinski definition) is 4. The van der Waals surface area contributed by atoms with Gasteiger partial charge in [-0.25, -0.2) is 9.97 Å². The summed E-state index contributed by atoms with van der Waals surface area (Å²) in [6, 6.07) is 12.4. The Morgan fingerprint density at radius 3 is 2.44 bits per heavy atom. The third-order valence-corrected chi connectivity index (χ3v) is 6.15. The van der Waals surface area contributed by atoms with Gasteiger partial charge in [0.1, 0.15) is 17.0 Å². The molecule has 0 spiro atoms. The molecule has 0 saturated heterocycles. The van der Waals surface area contributed by atoms with Gasteiger partial charge in [-0.15, -0.1) is 11.3 Å². The van der Waals surface area contributed by atoms with E-state index in [1.54, 1.807) is 17.7 Å². The van der Waals surface area contributed by atoms with Gasteiger partial charge in [0.05, 0.1) is 5.39 Å². The van der Waals surface area contributed by atoms with Crippen LogP contribution in [-0.2, 0) is 0 Å². The summed E-state index contributed by atoms with van der Waals surface area (Å²) in [5.41, 5.74) is 7.05. The minimum absolute atomic E-state index is 0.730. The molecule has 0 amide bonds. The van der Waals surface area contributed by atoms with Crippen LogP contribution in [0.4, 0.5) is 11.5 Å². The molecule has 0 bridgehead atoms. The first-order chi connectivity index (χ1) is 12.9. The van der Waals surface area contributed by atoms with Crippen molar-refractivity contribution in [2.75, 3.05) is 5.32 Å². The minimum atomic E-state index is 0.730. The van der Waals surface area contributed by atoms with Gasteiger partial charge in [-0.1, -0.05) is 29.8 Å². The van der Waals surface area contributed by atoms with Crippen LogP contribution in [0.5, 0.6) is 0 Å². The summed E-state index contributed by atoms with van der Waals surface area (Å²) < 4.78 is 0. The molecule has 2 heterocycles. The fourth-order valence-corrected chi connectivity index (χ4v) is 4.52. The zero-order valence-corrected chi connectivity index (χ0v) is 17.3. The number of fused-ring (bicyclic) bond motifs is 1. The molecule has 27 heavy (non-hydrogen) atoms. The Balaban J connectivity index is 1.90. The van der Waals surface area contributed by atoms with Crippen molar-refractivity contribution in [2.24, 2.45) is 0 Å². The second-order valence-corrected chi connectivity index (χ2v) is 8.46. The molecule has 0 unspecified atom stereocenters. The SMILES string of the molecule is Cc1ccc(-c2c(C)sc3ncnc(Nc4ccc(Cl)cc4C)c23)cc1C. The maximum Gasteiger partial charge on any atom is 0.143 e. The molecular weight excluding hydrogens is 374 g/mol. The topological polar surface area (TPSA) is 37.8 Å². The normalized spacial score (nSPS) is 11.1. The number of thiophene rings is 1. The van der Waals surface area contributed by atoms with Gasteiger partial charge in [-0.05, 0) is 68.1 Å². The molecule has 0 atom stereocenters. The molecule has 0 saturated carbocycles. The van der Waals surface area contributed by atoms with E-state index < -0.39 is 0 Å². The largest absolute Gasteiger partial charge is 0.339 e. The smallest absolute Gasteiger partial charge is 0.143 e. The van der Waals surface area contributed by atoms with E-state index in [1.807, 2.05) is 25.1 Å². The van der Waals surface area contributed by atoms with Crippen LogP contribution in [0.25, 0.3) is 21.3 Å². The van der Waals surface area contributed by atoms with Gasteiger partial charge < -0.3 is 5.32 Å². The van der Waals surface area contributed by atoms with Gasteiger partial charge in [0.15, 0.2) is 0 Å². The van der Waals surface area contributed by atoms with Crippen LogP contribution >= 0.6 is 22.9 Å². The first kappa shape index (κ1) is 18.0. The third-order valence-electron chi connectivity index (χ3n) is 4.90. The summed E-state index contributed by atoms with van der Waals surface area (Å²) in [5.74, 6) is 0.822. The van der Waals surface area contributed by atoms with E-state index in [9.17, 15) is 0 Å². The highest BCUT2D eigenvalue weighted by molar-refractivity contribution is 7.19. The van der Waals surface area contributed by atoms with Gasteiger partial charge in [0, 0.05) is 21.2 Å². The molecule has 3 nitrogen and oxygen atoms in total. The number of aromatic nitrogens is 2. The van der Waals surface area contributed by atoms with Gasteiger partial charge >= 0.3 is 0 Å². The highest BCUT2D eigenvalue weighted by atomic mass is 35.5. The highest BCUT2D eigenvalue weighted by Crippen LogP contribution is 2.41. The Morgan fingerprint density at radius 2 is 1.70 bits per heavy atom. The van der Waals surface area contributed by atoms with Crippen LogP contribution in [-0.4, -0.2) is 9.97 Å². The number of rotatable bonds is 3. The van der Waals surface area contributed by atoms with Crippen LogP contribution < -0.4 is 5.32 Å². The van der Waals surface area contributed by atoms with Crippen LogP contribution in [0, 0.1) is 27.7 Å². The minimum Gasteiger partial charge on any atom is -0.339 e. The fraction of sp³-hybridized carbons (Fsp3) is 0.182. The van der Waals surface area contributed by atoms with Gasteiger partial charge in [-0.2, -0.15) is 0 Å². The quantitative estimate of drug-likeness (QED) is 0.407. The molecule has 2 aromatic carbocycles. The van der Waals surface area contributed by atoms with Crippen molar-refractivity contribution in [3.8, 4) is 11.1 Å². The zero-order valence-electron chi connectivity index (χ0n) is 15.7. The number of benzene rings is 2. The molecule has 2 aromatic heterocycles. The first-order valence-corrected chi connectivity index (χ1v) is 9.98. The average molecular weight is 394 g/mol. The van der Waals surface area contributed by atoms with E-state index in [2.05, 4.69) is 54.3 Å². The fourth-order valence-electron chi connectivity index (χ4n) is 3.28. The maximum atomic E-state index is 6.10. The highest BCUT2D eigenvalue weighted by Gasteiger charge is 2.17. The van der Waals surface area contributed by atoms with E-state index >= 15 is 0 Å². The number of anilines is 2. The van der Waals surface area contributed by atoms with Crippen molar-refractivity contribution in [3.63, 3.8) is 0 Å². The Kier molecular flexibility index (Phi) is 4.62. The van der Waals surface area contributed by atoms with Crippen molar-refractivity contribution in [1.82, 2.24) is 9.97 Å². The van der Waals surface area contributed by atoms with Crippen LogP contribution in [0.15, 0.2) is 42.7 Å². The van der Waals surface area contributed by atoms with Crippen molar-refractivity contribution in [1.29, 1.82) is 0 Å². The van der Waals surface area contributed by atoms with Crippen molar-refractivity contribution in [2.45, 2.75) is 27.7 Å². The second kappa shape index (κ2) is 6.95. The molecule has 0 radical (unpaired) electrons. The predicted octanol–water partition coefficient (Wildman–Crippen LogP) is 6.99. The number of halogens is 1. The third kappa shape index (κ3) is 3.31. The molecule has 5 heteroatoms. The van der Waals surface area contributed by atoms with E-state index in [1.165, 1.54) is 27.1 Å². The van der Waals surface area contributed by atoms with Gasteiger partial charge in [0.25, 0.3) is 0 Å².